The summed E-state index contributed by atoms with van der Waals surface area (Å²) in [5.41, 5.74) is 1.02. The Balaban J connectivity index is 1.59. The molecule has 0 spiro atoms. The van der Waals surface area contributed by atoms with Crippen LogP contribution in [0, 0.1) is 16.0 Å². The molecule has 1 aliphatic rings. The third kappa shape index (κ3) is 3.95. The molecule has 7 nitrogen and oxygen atoms in total. The van der Waals surface area contributed by atoms with Gasteiger partial charge in [0.1, 0.15) is 0 Å². The van der Waals surface area contributed by atoms with Crippen molar-refractivity contribution in [2.75, 3.05) is 5.32 Å². The first-order valence-electron chi connectivity index (χ1n) is 7.71. The number of nitrogens with one attached hydrogen (secondary N) is 2. The predicted octanol–water partition coefficient (Wildman–Crippen LogP) is 3.75. The summed E-state index contributed by atoms with van der Waals surface area (Å²) in [5, 5.41) is 20.3. The van der Waals surface area contributed by atoms with E-state index in [2.05, 4.69) is 15.5 Å². The van der Waals surface area contributed by atoms with Crippen LogP contribution in [-0.4, -0.2) is 21.0 Å². The molecule has 1 amide bonds. The standard InChI is InChI=1S/C15H18N4O3S/c20-15(12-6-7-14(23-12)19(21)22)16-13-9-11(17-18-13)8-10-4-2-1-3-5-10/h6-7,9-10H,1-5,8H2,(H2,16,17,18,20). The number of amides is 1. The van der Waals surface area contributed by atoms with E-state index in [9.17, 15) is 14.9 Å². The lowest BCUT2D eigenvalue weighted by atomic mass is 9.86. The van der Waals surface area contributed by atoms with Crippen molar-refractivity contribution in [1.29, 1.82) is 0 Å². The third-order valence-corrected chi connectivity index (χ3v) is 5.14. The minimum absolute atomic E-state index is 0.0461. The van der Waals surface area contributed by atoms with Gasteiger partial charge in [-0.25, -0.2) is 0 Å². The average Bonchev–Trinajstić information content (AvgIpc) is 3.18. The lowest BCUT2D eigenvalue weighted by Crippen LogP contribution is -2.10. The highest BCUT2D eigenvalue weighted by Crippen LogP contribution is 2.27. The van der Waals surface area contributed by atoms with Crippen molar-refractivity contribution in [3.05, 3.63) is 38.9 Å². The summed E-state index contributed by atoms with van der Waals surface area (Å²) in [4.78, 5) is 22.5. The van der Waals surface area contributed by atoms with Crippen molar-refractivity contribution >= 4 is 28.1 Å². The largest absolute Gasteiger partial charge is 0.324 e. The molecule has 2 N–H and O–H groups in total. The monoisotopic (exact) mass is 334 g/mol. The van der Waals surface area contributed by atoms with E-state index in [1.54, 1.807) is 0 Å². The van der Waals surface area contributed by atoms with Gasteiger partial charge in [0, 0.05) is 17.8 Å². The molecule has 0 radical (unpaired) electrons. The van der Waals surface area contributed by atoms with Gasteiger partial charge in [-0.1, -0.05) is 43.4 Å². The lowest BCUT2D eigenvalue weighted by Gasteiger charge is -2.20. The second-order valence-electron chi connectivity index (χ2n) is 5.84. The quantitative estimate of drug-likeness (QED) is 0.642. The Bertz CT molecular complexity index is 703. The Morgan fingerprint density at radius 2 is 2.17 bits per heavy atom. The van der Waals surface area contributed by atoms with E-state index in [-0.39, 0.29) is 10.9 Å². The van der Waals surface area contributed by atoms with Crippen LogP contribution in [0.2, 0.25) is 0 Å². The molecule has 2 aromatic rings. The number of aromatic amines is 1. The first-order valence-corrected chi connectivity index (χ1v) is 8.53. The summed E-state index contributed by atoms with van der Waals surface area (Å²) >= 11 is 0.855. The van der Waals surface area contributed by atoms with Gasteiger partial charge < -0.3 is 5.32 Å². The smallest absolute Gasteiger partial charge is 0.304 e. The molecule has 0 unspecified atom stereocenters. The van der Waals surface area contributed by atoms with Crippen LogP contribution in [0.4, 0.5) is 10.8 Å². The summed E-state index contributed by atoms with van der Waals surface area (Å²) in [6, 6.07) is 4.63. The van der Waals surface area contributed by atoms with Gasteiger partial charge in [-0.2, -0.15) is 5.10 Å². The summed E-state index contributed by atoms with van der Waals surface area (Å²) in [7, 11) is 0. The number of carbonyl (C=O) groups excluding carboxylic acids is 1. The molecule has 8 heteroatoms. The van der Waals surface area contributed by atoms with Gasteiger partial charge >= 0.3 is 5.00 Å². The Morgan fingerprint density at radius 1 is 1.39 bits per heavy atom. The summed E-state index contributed by atoms with van der Waals surface area (Å²) < 4.78 is 0. The SMILES string of the molecule is O=C(Nc1cc(CC2CCCCC2)[nH]n1)c1ccc([N+](=O)[O-])s1. The van der Waals surface area contributed by atoms with Crippen LogP contribution in [0.1, 0.15) is 47.5 Å². The van der Waals surface area contributed by atoms with Crippen LogP contribution < -0.4 is 5.32 Å². The van der Waals surface area contributed by atoms with E-state index in [1.807, 2.05) is 6.07 Å². The normalized spacial score (nSPS) is 15.5. The highest BCUT2D eigenvalue weighted by atomic mass is 32.1. The molecule has 1 fully saturated rings. The van der Waals surface area contributed by atoms with E-state index >= 15 is 0 Å². The molecule has 2 heterocycles. The van der Waals surface area contributed by atoms with Crippen molar-refractivity contribution in [2.45, 2.75) is 38.5 Å². The van der Waals surface area contributed by atoms with Crippen molar-refractivity contribution in [3.8, 4) is 0 Å². The van der Waals surface area contributed by atoms with Crippen LogP contribution in [0.3, 0.4) is 0 Å². The van der Waals surface area contributed by atoms with Crippen molar-refractivity contribution < 1.29 is 9.72 Å². The van der Waals surface area contributed by atoms with Crippen molar-refractivity contribution in [1.82, 2.24) is 10.2 Å². The molecule has 2 aromatic heterocycles. The van der Waals surface area contributed by atoms with Crippen LogP contribution >= 0.6 is 11.3 Å². The summed E-state index contributed by atoms with van der Waals surface area (Å²) in [6.45, 7) is 0. The number of anilines is 1. The molecule has 0 atom stereocenters. The molecule has 1 saturated carbocycles. The maximum Gasteiger partial charge on any atom is 0.324 e. The topological polar surface area (TPSA) is 101 Å². The number of nitrogens with zero attached hydrogens (tertiary/aromatic N) is 2. The van der Waals surface area contributed by atoms with Gasteiger partial charge in [0.15, 0.2) is 5.82 Å². The molecule has 0 aromatic carbocycles. The number of hydrogen-bond donors (Lipinski definition) is 2. The van der Waals surface area contributed by atoms with Crippen molar-refractivity contribution in [3.63, 3.8) is 0 Å². The summed E-state index contributed by atoms with van der Waals surface area (Å²) in [6.07, 6.45) is 7.36. The minimum Gasteiger partial charge on any atom is -0.304 e. The zero-order chi connectivity index (χ0) is 16.2. The van der Waals surface area contributed by atoms with E-state index < -0.39 is 4.92 Å². The molecule has 0 saturated heterocycles. The zero-order valence-electron chi connectivity index (χ0n) is 12.6. The van der Waals surface area contributed by atoms with E-state index in [0.29, 0.717) is 16.6 Å². The highest BCUT2D eigenvalue weighted by Gasteiger charge is 2.18. The number of H-pyrrole nitrogens is 1. The van der Waals surface area contributed by atoms with Crippen LogP contribution in [-0.2, 0) is 6.42 Å². The number of aromatic nitrogens is 2. The minimum atomic E-state index is -0.502. The second-order valence-corrected chi connectivity index (χ2v) is 6.90. The van der Waals surface area contributed by atoms with E-state index in [1.165, 1.54) is 44.2 Å². The van der Waals surface area contributed by atoms with Gasteiger partial charge in [0.25, 0.3) is 5.91 Å². The first kappa shape index (κ1) is 15.7. The molecule has 1 aliphatic carbocycles. The first-order chi connectivity index (χ1) is 11.1. The molecule has 0 aliphatic heterocycles. The molecule has 3 rings (SSSR count). The van der Waals surface area contributed by atoms with Crippen LogP contribution in [0.15, 0.2) is 18.2 Å². The maximum atomic E-state index is 12.1. The average molecular weight is 334 g/mol. The Morgan fingerprint density at radius 3 is 2.87 bits per heavy atom. The number of carbonyl (C=O) groups is 1. The second kappa shape index (κ2) is 6.91. The van der Waals surface area contributed by atoms with Crippen LogP contribution in [0.25, 0.3) is 0 Å². The molecular formula is C15H18N4O3S. The number of thiophene rings is 1. The van der Waals surface area contributed by atoms with E-state index in [0.717, 1.165) is 23.5 Å². The fourth-order valence-corrected chi connectivity index (χ4v) is 3.67. The van der Waals surface area contributed by atoms with Gasteiger partial charge in [-0.05, 0) is 18.4 Å². The fourth-order valence-electron chi connectivity index (χ4n) is 2.96. The Kier molecular flexibility index (Phi) is 4.71. The maximum absolute atomic E-state index is 12.1. The molecular weight excluding hydrogens is 316 g/mol. The highest BCUT2D eigenvalue weighted by molar-refractivity contribution is 7.17. The van der Waals surface area contributed by atoms with Gasteiger partial charge in [0.05, 0.1) is 9.80 Å². The number of rotatable bonds is 5. The van der Waals surface area contributed by atoms with Gasteiger partial charge in [-0.3, -0.25) is 20.0 Å². The van der Waals surface area contributed by atoms with Gasteiger partial charge in [-0.15, -0.1) is 0 Å². The van der Waals surface area contributed by atoms with Crippen molar-refractivity contribution in [2.24, 2.45) is 5.92 Å². The molecule has 122 valence electrons. The predicted molar refractivity (Wildman–Crippen MR) is 87.8 cm³/mol. The Labute approximate surface area is 137 Å². The number of nitro groups is 1. The molecule has 0 bridgehead atoms. The fraction of sp³-hybridized carbons (Fsp3) is 0.467. The summed E-state index contributed by atoms with van der Waals surface area (Å²) in [5.74, 6) is 0.767. The van der Waals surface area contributed by atoms with Gasteiger partial charge in [0.2, 0.25) is 0 Å². The Hall–Kier alpha value is -2.22. The third-order valence-electron chi connectivity index (χ3n) is 4.10. The lowest BCUT2D eigenvalue weighted by molar-refractivity contribution is -0.380. The van der Waals surface area contributed by atoms with Crippen LogP contribution in [0.5, 0.6) is 0 Å². The number of hydrogen-bond acceptors (Lipinski definition) is 5. The molecule has 23 heavy (non-hydrogen) atoms. The zero-order valence-corrected chi connectivity index (χ0v) is 13.4. The van der Waals surface area contributed by atoms with E-state index in [4.69, 9.17) is 0 Å².